The van der Waals surface area contributed by atoms with E-state index in [0.29, 0.717) is 26.2 Å². The van der Waals surface area contributed by atoms with E-state index in [0.717, 1.165) is 12.8 Å². The highest BCUT2D eigenvalue weighted by Gasteiger charge is 2.39. The van der Waals surface area contributed by atoms with E-state index in [1.165, 1.54) is 0 Å². The van der Waals surface area contributed by atoms with Crippen molar-refractivity contribution >= 4 is 17.9 Å². The number of hydrogen-bond donors (Lipinski definition) is 2. The van der Waals surface area contributed by atoms with Crippen molar-refractivity contribution in [1.29, 1.82) is 0 Å². The van der Waals surface area contributed by atoms with Crippen molar-refractivity contribution in [3.8, 4) is 0 Å². The summed E-state index contributed by atoms with van der Waals surface area (Å²) in [4.78, 5) is 37.6. The van der Waals surface area contributed by atoms with Gasteiger partial charge in [-0.25, -0.2) is 4.79 Å². The molecule has 0 aromatic heterocycles. The van der Waals surface area contributed by atoms with Gasteiger partial charge in [0.1, 0.15) is 0 Å². The number of nitrogens with two attached hydrogens (primary N) is 1. The van der Waals surface area contributed by atoms with E-state index in [2.05, 4.69) is 0 Å². The molecule has 2 fully saturated rings. The molecule has 2 atom stereocenters. The SMILES string of the molecule is CC(C(=O)O)C1CN(C(=O)N2CCCC(C(N)=O)C2)C1. The maximum Gasteiger partial charge on any atom is 0.320 e. The summed E-state index contributed by atoms with van der Waals surface area (Å²) in [5.74, 6) is -1.85. The van der Waals surface area contributed by atoms with Crippen LogP contribution in [0.4, 0.5) is 4.79 Å². The van der Waals surface area contributed by atoms with Gasteiger partial charge < -0.3 is 20.6 Å². The molecule has 0 aromatic rings. The Morgan fingerprint density at radius 1 is 1.20 bits per heavy atom. The summed E-state index contributed by atoms with van der Waals surface area (Å²) in [7, 11) is 0. The monoisotopic (exact) mass is 283 g/mol. The highest BCUT2D eigenvalue weighted by molar-refractivity contribution is 5.80. The van der Waals surface area contributed by atoms with Crippen LogP contribution in [-0.4, -0.2) is 59.0 Å². The molecule has 2 aliphatic heterocycles. The van der Waals surface area contributed by atoms with Crippen LogP contribution in [-0.2, 0) is 9.59 Å². The number of carbonyl (C=O) groups is 3. The first-order valence-corrected chi connectivity index (χ1v) is 6.96. The van der Waals surface area contributed by atoms with E-state index >= 15 is 0 Å². The third-order valence-electron chi connectivity index (χ3n) is 4.37. The van der Waals surface area contributed by atoms with Crippen molar-refractivity contribution in [2.45, 2.75) is 19.8 Å². The second-order valence-corrected chi connectivity index (χ2v) is 5.76. The van der Waals surface area contributed by atoms with Crippen molar-refractivity contribution in [1.82, 2.24) is 9.80 Å². The number of rotatable bonds is 3. The molecule has 0 aliphatic carbocycles. The highest BCUT2D eigenvalue weighted by Crippen LogP contribution is 2.26. The van der Waals surface area contributed by atoms with Crippen molar-refractivity contribution < 1.29 is 19.5 Å². The number of primary amides is 1. The van der Waals surface area contributed by atoms with Gasteiger partial charge in [-0.15, -0.1) is 0 Å². The van der Waals surface area contributed by atoms with Gasteiger partial charge in [0.25, 0.3) is 0 Å². The Hall–Kier alpha value is -1.79. The van der Waals surface area contributed by atoms with Crippen LogP contribution in [0.15, 0.2) is 0 Å². The molecule has 2 aliphatic rings. The minimum absolute atomic E-state index is 0.0215. The smallest absolute Gasteiger partial charge is 0.320 e. The number of piperidine rings is 1. The molecule has 0 saturated carbocycles. The second-order valence-electron chi connectivity index (χ2n) is 5.76. The predicted molar refractivity (Wildman–Crippen MR) is 70.8 cm³/mol. The number of hydrogen-bond acceptors (Lipinski definition) is 3. The number of carboxylic acids is 1. The van der Waals surface area contributed by atoms with Crippen molar-refractivity contribution in [3.63, 3.8) is 0 Å². The zero-order chi connectivity index (χ0) is 14.9. The van der Waals surface area contributed by atoms with Crippen molar-refractivity contribution in [2.24, 2.45) is 23.5 Å². The number of carbonyl (C=O) groups excluding carboxylic acids is 2. The number of urea groups is 1. The average Bonchev–Trinajstić information content (AvgIpc) is 2.36. The van der Waals surface area contributed by atoms with E-state index in [1.807, 2.05) is 0 Å². The maximum absolute atomic E-state index is 12.2. The van der Waals surface area contributed by atoms with Crippen LogP contribution in [0, 0.1) is 17.8 Å². The molecule has 0 bridgehead atoms. The third-order valence-corrected chi connectivity index (χ3v) is 4.37. The molecular formula is C13H21N3O4. The molecule has 3 amide bonds. The topological polar surface area (TPSA) is 104 Å². The molecule has 3 N–H and O–H groups in total. The Labute approximate surface area is 117 Å². The molecule has 7 nitrogen and oxygen atoms in total. The van der Waals surface area contributed by atoms with Gasteiger partial charge >= 0.3 is 12.0 Å². The first-order valence-electron chi connectivity index (χ1n) is 6.96. The first kappa shape index (κ1) is 14.6. The summed E-state index contributed by atoms with van der Waals surface area (Å²) < 4.78 is 0. The highest BCUT2D eigenvalue weighted by atomic mass is 16.4. The lowest BCUT2D eigenvalue weighted by Crippen LogP contribution is -2.59. The van der Waals surface area contributed by atoms with Crippen LogP contribution in [0.3, 0.4) is 0 Å². The quantitative estimate of drug-likeness (QED) is 0.758. The Balaban J connectivity index is 1.84. The average molecular weight is 283 g/mol. The van der Waals surface area contributed by atoms with E-state index in [9.17, 15) is 14.4 Å². The van der Waals surface area contributed by atoms with Gasteiger partial charge in [-0.2, -0.15) is 0 Å². The third kappa shape index (κ3) is 2.86. The Bertz CT molecular complexity index is 420. The molecular weight excluding hydrogens is 262 g/mol. The minimum Gasteiger partial charge on any atom is -0.481 e. The van der Waals surface area contributed by atoms with Crippen LogP contribution in [0.5, 0.6) is 0 Å². The summed E-state index contributed by atoms with van der Waals surface area (Å²) in [6, 6.07) is -0.107. The number of nitrogens with zero attached hydrogens (tertiary/aromatic N) is 2. The number of amides is 3. The molecule has 0 aromatic carbocycles. The molecule has 0 radical (unpaired) electrons. The van der Waals surface area contributed by atoms with Crippen LogP contribution in [0.25, 0.3) is 0 Å². The molecule has 7 heteroatoms. The summed E-state index contributed by atoms with van der Waals surface area (Å²) in [6.07, 6.45) is 1.51. The van der Waals surface area contributed by atoms with E-state index < -0.39 is 11.9 Å². The summed E-state index contributed by atoms with van der Waals surface area (Å²) >= 11 is 0. The van der Waals surface area contributed by atoms with Gasteiger partial charge in [0.05, 0.1) is 11.8 Å². The Morgan fingerprint density at radius 2 is 1.85 bits per heavy atom. The van der Waals surface area contributed by atoms with Crippen LogP contribution < -0.4 is 5.73 Å². The van der Waals surface area contributed by atoms with E-state index in [1.54, 1.807) is 16.7 Å². The van der Waals surface area contributed by atoms with Gasteiger partial charge in [0.15, 0.2) is 0 Å². The van der Waals surface area contributed by atoms with Gasteiger partial charge in [-0.05, 0) is 12.8 Å². The fraction of sp³-hybridized carbons (Fsp3) is 0.769. The molecule has 0 spiro atoms. The van der Waals surface area contributed by atoms with Crippen LogP contribution in [0.1, 0.15) is 19.8 Å². The predicted octanol–water partition coefficient (Wildman–Crippen LogP) is -0.0438. The first-order chi connectivity index (χ1) is 9.40. The lowest BCUT2D eigenvalue weighted by atomic mass is 9.87. The van der Waals surface area contributed by atoms with E-state index in [-0.39, 0.29) is 23.8 Å². The zero-order valence-electron chi connectivity index (χ0n) is 11.6. The minimum atomic E-state index is -0.825. The summed E-state index contributed by atoms with van der Waals surface area (Å²) in [6.45, 7) is 3.63. The molecule has 112 valence electrons. The standard InChI is InChI=1S/C13H21N3O4/c1-8(12(18)19)10-6-16(7-10)13(20)15-4-2-3-9(5-15)11(14)17/h8-10H,2-7H2,1H3,(H2,14,17)(H,18,19). The second kappa shape index (κ2) is 5.68. The molecule has 2 saturated heterocycles. The number of carboxylic acid groups (broad SMARTS) is 1. The van der Waals surface area contributed by atoms with E-state index in [4.69, 9.17) is 10.8 Å². The largest absolute Gasteiger partial charge is 0.481 e. The summed E-state index contributed by atoms with van der Waals surface area (Å²) in [5.41, 5.74) is 5.29. The lowest BCUT2D eigenvalue weighted by molar-refractivity contribution is -0.145. The van der Waals surface area contributed by atoms with Gasteiger partial charge in [-0.3, -0.25) is 9.59 Å². The molecule has 20 heavy (non-hydrogen) atoms. The van der Waals surface area contributed by atoms with Crippen molar-refractivity contribution in [2.75, 3.05) is 26.2 Å². The molecule has 2 heterocycles. The lowest BCUT2D eigenvalue weighted by Gasteiger charge is -2.44. The van der Waals surface area contributed by atoms with Gasteiger partial charge in [0, 0.05) is 32.1 Å². The zero-order valence-corrected chi connectivity index (χ0v) is 11.6. The Morgan fingerprint density at radius 3 is 2.40 bits per heavy atom. The molecule has 2 rings (SSSR count). The van der Waals surface area contributed by atoms with Gasteiger partial charge in [-0.1, -0.05) is 6.92 Å². The fourth-order valence-electron chi connectivity index (χ4n) is 2.77. The van der Waals surface area contributed by atoms with Crippen LogP contribution >= 0.6 is 0 Å². The fourth-order valence-corrected chi connectivity index (χ4v) is 2.77. The normalized spacial score (nSPS) is 24.9. The van der Waals surface area contributed by atoms with Crippen molar-refractivity contribution in [3.05, 3.63) is 0 Å². The Kier molecular flexibility index (Phi) is 4.15. The molecule has 2 unspecified atom stereocenters. The number of likely N-dealkylation sites (tertiary alicyclic amines) is 2. The number of aliphatic carboxylic acids is 1. The van der Waals surface area contributed by atoms with Crippen LogP contribution in [0.2, 0.25) is 0 Å². The maximum atomic E-state index is 12.2. The summed E-state index contributed by atoms with van der Waals surface area (Å²) in [5, 5.41) is 8.92. The van der Waals surface area contributed by atoms with Gasteiger partial charge in [0.2, 0.25) is 5.91 Å².